The van der Waals surface area contributed by atoms with Crippen molar-refractivity contribution in [2.75, 3.05) is 11.5 Å². The number of rotatable bonds is 9. The first-order chi connectivity index (χ1) is 18.1. The molecule has 1 amide bonds. The molecule has 1 N–H and O–H groups in total. The Bertz CT molecular complexity index is 1370. The first kappa shape index (κ1) is 34.0. The van der Waals surface area contributed by atoms with E-state index in [1.54, 1.807) is 0 Å². The van der Waals surface area contributed by atoms with Crippen LogP contribution in [0.25, 0.3) is 5.83 Å². The smallest absolute Gasteiger partial charge is 0.349 e. The quantitative estimate of drug-likeness (QED) is 0.218. The van der Waals surface area contributed by atoms with Gasteiger partial charge in [0.25, 0.3) is 5.91 Å². The molecule has 2 aromatic carbocycles. The number of hydrogen-bond donors (Lipinski definition) is 1. The lowest BCUT2D eigenvalue weighted by Crippen LogP contribution is -2.40. The Hall–Kier alpha value is -2.16. The summed E-state index contributed by atoms with van der Waals surface area (Å²) < 4.78 is 144. The largest absolute Gasteiger partial charge is 0.417 e. The van der Waals surface area contributed by atoms with Gasteiger partial charge in [0.1, 0.15) is 11.6 Å². The zero-order valence-corrected chi connectivity index (χ0v) is 22.9. The molecule has 2 rings (SSSR count). The Morgan fingerprint density at radius 3 is 2.02 bits per heavy atom. The van der Waals surface area contributed by atoms with E-state index < -0.39 is 80.5 Å². The van der Waals surface area contributed by atoms with Gasteiger partial charge in [0, 0.05) is 11.6 Å². The lowest BCUT2D eigenvalue weighted by molar-refractivity contribution is -0.138. The van der Waals surface area contributed by atoms with Crippen LogP contribution in [0.5, 0.6) is 0 Å². The van der Waals surface area contributed by atoms with Crippen molar-refractivity contribution in [2.24, 2.45) is 0 Å². The van der Waals surface area contributed by atoms with E-state index in [-0.39, 0.29) is 26.7 Å². The van der Waals surface area contributed by atoms with E-state index in [0.29, 0.717) is 18.2 Å². The number of alkyl halides is 8. The number of carbonyl (C=O) groups excluding carboxylic acids is 1. The second-order valence-corrected chi connectivity index (χ2v) is 11.8. The van der Waals surface area contributed by atoms with Crippen molar-refractivity contribution in [2.45, 2.75) is 37.7 Å². The Labute approximate surface area is 237 Å². The van der Waals surface area contributed by atoms with Crippen molar-refractivity contribution in [3.8, 4) is 0 Å². The molecule has 2 atom stereocenters. The van der Waals surface area contributed by atoms with E-state index in [1.807, 2.05) is 5.32 Å². The SMILES string of the molecule is CC(CS(=O)(=O)CC(F)(F)F)NC(=O)c1ccc(/C(F)=C/C(c2cc(Cl)c(Cl)c(Cl)c2)C(F)F)cc1C(F)(F)F. The average molecular weight is 665 g/mol. The van der Waals surface area contributed by atoms with Crippen LogP contribution in [0, 0.1) is 0 Å². The third-order valence-electron chi connectivity index (χ3n) is 5.10. The highest BCUT2D eigenvalue weighted by Crippen LogP contribution is 2.38. The minimum atomic E-state index is -5.28. The Kier molecular flexibility index (Phi) is 10.9. The van der Waals surface area contributed by atoms with Gasteiger partial charge < -0.3 is 5.32 Å². The Morgan fingerprint density at radius 1 is 1.00 bits per heavy atom. The number of halogens is 12. The summed E-state index contributed by atoms with van der Waals surface area (Å²) in [5, 5.41) is 1.21. The molecule has 222 valence electrons. The molecule has 17 heteroatoms. The molecule has 0 spiro atoms. The Balaban J connectivity index is 2.42. The third kappa shape index (κ3) is 9.45. The summed E-state index contributed by atoms with van der Waals surface area (Å²) in [5.41, 5.74) is -3.99. The monoisotopic (exact) mass is 663 g/mol. The molecule has 0 saturated carbocycles. The van der Waals surface area contributed by atoms with Crippen LogP contribution in [0.15, 0.2) is 36.4 Å². The molecule has 0 radical (unpaired) electrons. The highest BCUT2D eigenvalue weighted by molar-refractivity contribution is 7.91. The minimum Gasteiger partial charge on any atom is -0.349 e. The van der Waals surface area contributed by atoms with Crippen molar-refractivity contribution in [3.05, 3.63) is 73.7 Å². The summed E-state index contributed by atoms with van der Waals surface area (Å²) in [7, 11) is -4.78. The number of benzene rings is 2. The normalized spacial score (nSPS) is 14.8. The van der Waals surface area contributed by atoms with Gasteiger partial charge in [-0.1, -0.05) is 40.9 Å². The molecule has 0 aliphatic rings. The lowest BCUT2D eigenvalue weighted by atomic mass is 9.96. The topological polar surface area (TPSA) is 63.2 Å². The van der Waals surface area contributed by atoms with Crippen molar-refractivity contribution in [1.82, 2.24) is 5.32 Å². The van der Waals surface area contributed by atoms with Gasteiger partial charge in [-0.05, 0) is 42.8 Å². The molecule has 0 heterocycles. The van der Waals surface area contributed by atoms with Crippen LogP contribution in [0.1, 0.15) is 39.9 Å². The summed E-state index contributed by atoms with van der Waals surface area (Å²) in [6.45, 7) is 0.954. The second-order valence-electron chi connectivity index (χ2n) is 8.48. The van der Waals surface area contributed by atoms with E-state index in [4.69, 9.17) is 34.8 Å². The second kappa shape index (κ2) is 12.8. The highest BCUT2D eigenvalue weighted by atomic mass is 35.5. The van der Waals surface area contributed by atoms with Crippen LogP contribution in [-0.2, 0) is 16.0 Å². The predicted molar refractivity (Wildman–Crippen MR) is 132 cm³/mol. The van der Waals surface area contributed by atoms with Gasteiger partial charge in [-0.2, -0.15) is 26.3 Å². The van der Waals surface area contributed by atoms with E-state index >= 15 is 0 Å². The first-order valence-electron chi connectivity index (χ1n) is 10.7. The number of allylic oxidation sites excluding steroid dienone is 1. The minimum absolute atomic E-state index is 0.163. The molecule has 0 saturated heterocycles. The molecular formula is C23H17Cl3F9NO3S. The molecule has 40 heavy (non-hydrogen) atoms. The molecule has 4 nitrogen and oxygen atoms in total. The van der Waals surface area contributed by atoms with Crippen LogP contribution < -0.4 is 5.32 Å². The van der Waals surface area contributed by atoms with Crippen LogP contribution in [0.4, 0.5) is 39.5 Å². The maximum Gasteiger partial charge on any atom is 0.417 e. The Morgan fingerprint density at radius 2 is 1.55 bits per heavy atom. The molecule has 2 unspecified atom stereocenters. The fourth-order valence-corrected chi connectivity index (χ4v) is 5.57. The highest BCUT2D eigenvalue weighted by Gasteiger charge is 2.38. The molecule has 0 fully saturated rings. The van der Waals surface area contributed by atoms with Crippen LogP contribution in [-0.4, -0.2) is 44.5 Å². The number of amides is 1. The molecule has 0 bridgehead atoms. The van der Waals surface area contributed by atoms with E-state index in [0.717, 1.165) is 19.1 Å². The van der Waals surface area contributed by atoms with Gasteiger partial charge in [-0.15, -0.1) is 0 Å². The molecular weight excluding hydrogens is 648 g/mol. The van der Waals surface area contributed by atoms with Gasteiger partial charge in [0.15, 0.2) is 9.84 Å². The number of sulfone groups is 1. The van der Waals surface area contributed by atoms with Gasteiger partial charge >= 0.3 is 12.4 Å². The van der Waals surface area contributed by atoms with Gasteiger partial charge in [0.2, 0.25) is 6.43 Å². The number of hydrogen-bond acceptors (Lipinski definition) is 3. The fraction of sp³-hybridized carbons (Fsp3) is 0.348. The van der Waals surface area contributed by atoms with Crippen molar-refractivity contribution >= 4 is 56.4 Å². The van der Waals surface area contributed by atoms with E-state index in [9.17, 15) is 52.7 Å². The van der Waals surface area contributed by atoms with Gasteiger partial charge in [0.05, 0.1) is 37.9 Å². The van der Waals surface area contributed by atoms with Gasteiger partial charge in [-0.3, -0.25) is 4.79 Å². The summed E-state index contributed by atoms with van der Waals surface area (Å²) in [4.78, 5) is 12.4. The number of carbonyl (C=O) groups is 1. The predicted octanol–water partition coefficient (Wildman–Crippen LogP) is 8.12. The fourth-order valence-electron chi connectivity index (χ4n) is 3.49. The van der Waals surface area contributed by atoms with Gasteiger partial charge in [-0.25, -0.2) is 21.6 Å². The average Bonchev–Trinajstić information content (AvgIpc) is 2.77. The van der Waals surface area contributed by atoms with Crippen LogP contribution in [0.3, 0.4) is 0 Å². The van der Waals surface area contributed by atoms with Crippen molar-refractivity contribution in [3.63, 3.8) is 0 Å². The molecule has 0 aromatic heterocycles. The zero-order chi connectivity index (χ0) is 30.8. The van der Waals surface area contributed by atoms with Crippen molar-refractivity contribution < 1.29 is 52.7 Å². The lowest BCUT2D eigenvalue weighted by Gasteiger charge is -2.18. The molecule has 0 aliphatic heterocycles. The zero-order valence-electron chi connectivity index (χ0n) is 19.8. The maximum absolute atomic E-state index is 15.0. The number of nitrogens with one attached hydrogen (secondary N) is 1. The molecule has 2 aromatic rings. The third-order valence-corrected chi connectivity index (χ3v) is 8.07. The van der Waals surface area contributed by atoms with E-state index in [1.165, 1.54) is 0 Å². The summed E-state index contributed by atoms with van der Waals surface area (Å²) in [5.74, 6) is -8.51. The van der Waals surface area contributed by atoms with E-state index in [2.05, 4.69) is 0 Å². The van der Waals surface area contributed by atoms with Crippen LogP contribution >= 0.6 is 34.8 Å². The molecule has 0 aliphatic carbocycles. The maximum atomic E-state index is 15.0. The first-order valence-corrected chi connectivity index (χ1v) is 13.7. The van der Waals surface area contributed by atoms with Crippen LogP contribution in [0.2, 0.25) is 15.1 Å². The summed E-state index contributed by atoms with van der Waals surface area (Å²) in [6.07, 6.45) is -13.3. The summed E-state index contributed by atoms with van der Waals surface area (Å²) >= 11 is 17.4. The summed E-state index contributed by atoms with van der Waals surface area (Å²) in [6, 6.07) is 1.75. The standard InChI is InChI=1S/C23H17Cl3F9NO3S/c1-10(8-40(38,39)9-22(30,31)32)36-21(37)13-3-2-11(4-15(13)23(33,34)35)18(27)7-14(20(28)29)12-5-16(24)19(26)17(25)6-12/h2-7,10,14,20H,8-9H2,1H3,(H,36,37)/b18-7-. The van der Waals surface area contributed by atoms with Crippen molar-refractivity contribution in [1.29, 1.82) is 0 Å².